The average Bonchev–Trinajstić information content (AvgIpc) is 2.72. The minimum absolute atomic E-state index is 0.0417. The number of nitrogens with one attached hydrogen (secondary N) is 2. The summed E-state index contributed by atoms with van der Waals surface area (Å²) in [5.41, 5.74) is 1.27. The highest BCUT2D eigenvalue weighted by molar-refractivity contribution is 5.77. The van der Waals surface area contributed by atoms with Crippen LogP contribution in [-0.2, 0) is 27.4 Å². The van der Waals surface area contributed by atoms with Gasteiger partial charge in [0.05, 0.1) is 18.8 Å². The third-order valence-corrected chi connectivity index (χ3v) is 4.96. The average molecular weight is 449 g/mol. The molecular weight excluding hydrogens is 418 g/mol. The SMILES string of the molecule is CCC(CC(O)C(Cc1cc(F)cc(F)c1)NC(C)=O)NC(=O)COCc1ccccc1. The lowest BCUT2D eigenvalue weighted by atomic mass is 9.95. The van der Waals surface area contributed by atoms with Gasteiger partial charge in [0, 0.05) is 19.0 Å². The molecule has 2 aromatic rings. The van der Waals surface area contributed by atoms with Crippen molar-refractivity contribution in [2.75, 3.05) is 6.61 Å². The Balaban J connectivity index is 1.91. The number of halogens is 2. The summed E-state index contributed by atoms with van der Waals surface area (Å²) in [6.07, 6.45) is -0.298. The third kappa shape index (κ3) is 9.11. The van der Waals surface area contributed by atoms with Crippen molar-refractivity contribution in [3.8, 4) is 0 Å². The number of carbonyl (C=O) groups excluding carboxylic acids is 2. The standard InChI is InChI=1S/C24H30F2N2O4/c1-3-21(28-24(31)15-32-14-17-7-5-4-6-8-17)13-23(30)22(27-16(2)29)11-18-9-19(25)12-20(26)10-18/h4-10,12,21-23,30H,3,11,13-15H2,1-2H3,(H,27,29)(H,28,31). The molecule has 174 valence electrons. The van der Waals surface area contributed by atoms with E-state index in [2.05, 4.69) is 10.6 Å². The van der Waals surface area contributed by atoms with Gasteiger partial charge >= 0.3 is 0 Å². The normalized spacial score (nSPS) is 13.8. The quantitative estimate of drug-likeness (QED) is 0.466. The molecule has 0 heterocycles. The Kier molecular flexibility index (Phi) is 10.2. The van der Waals surface area contributed by atoms with E-state index in [1.165, 1.54) is 6.92 Å². The molecule has 2 amide bonds. The lowest BCUT2D eigenvalue weighted by Crippen LogP contribution is -2.48. The highest BCUT2D eigenvalue weighted by atomic mass is 19.1. The van der Waals surface area contributed by atoms with E-state index in [9.17, 15) is 23.5 Å². The Bertz CT molecular complexity index is 859. The van der Waals surface area contributed by atoms with E-state index < -0.39 is 23.8 Å². The highest BCUT2D eigenvalue weighted by Crippen LogP contribution is 2.15. The van der Waals surface area contributed by atoms with Crippen molar-refractivity contribution in [2.24, 2.45) is 0 Å². The Morgan fingerprint density at radius 1 is 1.03 bits per heavy atom. The van der Waals surface area contributed by atoms with E-state index in [4.69, 9.17) is 4.74 Å². The van der Waals surface area contributed by atoms with Crippen LogP contribution in [0.5, 0.6) is 0 Å². The fourth-order valence-corrected chi connectivity index (χ4v) is 3.42. The van der Waals surface area contributed by atoms with Gasteiger partial charge in [-0.3, -0.25) is 9.59 Å². The van der Waals surface area contributed by atoms with E-state index in [-0.39, 0.29) is 37.3 Å². The predicted molar refractivity (Wildman–Crippen MR) is 117 cm³/mol. The van der Waals surface area contributed by atoms with Crippen molar-refractivity contribution >= 4 is 11.8 Å². The molecule has 32 heavy (non-hydrogen) atoms. The molecule has 3 atom stereocenters. The van der Waals surface area contributed by atoms with Gasteiger partial charge in [0.25, 0.3) is 0 Å². The summed E-state index contributed by atoms with van der Waals surface area (Å²) in [5.74, 6) is -2.16. The van der Waals surface area contributed by atoms with E-state index in [1.54, 1.807) is 0 Å². The van der Waals surface area contributed by atoms with E-state index in [1.807, 2.05) is 37.3 Å². The minimum Gasteiger partial charge on any atom is -0.391 e. The topological polar surface area (TPSA) is 87.7 Å². The summed E-state index contributed by atoms with van der Waals surface area (Å²) in [6, 6.07) is 11.4. The molecular formula is C24H30F2N2O4. The van der Waals surface area contributed by atoms with Gasteiger partial charge in [0.1, 0.15) is 18.2 Å². The summed E-state index contributed by atoms with van der Waals surface area (Å²) < 4.78 is 32.5. The summed E-state index contributed by atoms with van der Waals surface area (Å²) in [5, 5.41) is 16.2. The fraction of sp³-hybridized carbons (Fsp3) is 0.417. The number of rotatable bonds is 12. The zero-order chi connectivity index (χ0) is 23.5. The maximum atomic E-state index is 13.5. The maximum absolute atomic E-state index is 13.5. The minimum atomic E-state index is -1.04. The Hall–Kier alpha value is -2.84. The first-order valence-corrected chi connectivity index (χ1v) is 10.6. The van der Waals surface area contributed by atoms with Crippen LogP contribution in [0.15, 0.2) is 48.5 Å². The second kappa shape index (κ2) is 12.9. The zero-order valence-electron chi connectivity index (χ0n) is 18.3. The molecule has 8 heteroatoms. The van der Waals surface area contributed by atoms with Crippen LogP contribution in [0.4, 0.5) is 8.78 Å². The molecule has 0 aliphatic heterocycles. The van der Waals surface area contributed by atoms with Crippen LogP contribution in [0.1, 0.15) is 37.8 Å². The van der Waals surface area contributed by atoms with Crippen LogP contribution in [0.2, 0.25) is 0 Å². The largest absolute Gasteiger partial charge is 0.391 e. The van der Waals surface area contributed by atoms with Gasteiger partial charge in [-0.2, -0.15) is 0 Å². The smallest absolute Gasteiger partial charge is 0.246 e. The van der Waals surface area contributed by atoms with Crippen LogP contribution in [0.25, 0.3) is 0 Å². The highest BCUT2D eigenvalue weighted by Gasteiger charge is 2.25. The lowest BCUT2D eigenvalue weighted by molar-refractivity contribution is -0.127. The van der Waals surface area contributed by atoms with Crippen molar-refractivity contribution in [3.05, 3.63) is 71.3 Å². The molecule has 0 saturated heterocycles. The molecule has 2 rings (SSSR count). The molecule has 0 bridgehead atoms. The number of benzene rings is 2. The number of amides is 2. The van der Waals surface area contributed by atoms with Gasteiger partial charge in [-0.05, 0) is 42.5 Å². The Morgan fingerprint density at radius 2 is 1.69 bits per heavy atom. The molecule has 0 saturated carbocycles. The molecule has 0 aromatic heterocycles. The molecule has 3 unspecified atom stereocenters. The van der Waals surface area contributed by atoms with Crippen LogP contribution < -0.4 is 10.6 Å². The number of ether oxygens (including phenoxy) is 1. The number of hydrogen-bond donors (Lipinski definition) is 3. The van der Waals surface area contributed by atoms with Crippen LogP contribution in [0, 0.1) is 11.6 Å². The summed E-state index contributed by atoms with van der Waals surface area (Å²) in [7, 11) is 0. The van der Waals surface area contributed by atoms with Gasteiger partial charge in [-0.25, -0.2) is 8.78 Å². The first-order valence-electron chi connectivity index (χ1n) is 10.6. The molecule has 6 nitrogen and oxygen atoms in total. The molecule has 2 aromatic carbocycles. The van der Waals surface area contributed by atoms with Crippen molar-refractivity contribution in [1.29, 1.82) is 0 Å². The van der Waals surface area contributed by atoms with Crippen molar-refractivity contribution in [2.45, 2.75) is 57.9 Å². The van der Waals surface area contributed by atoms with E-state index in [0.717, 1.165) is 23.8 Å². The molecule has 0 aliphatic rings. The number of hydrogen-bond acceptors (Lipinski definition) is 4. The number of carbonyl (C=O) groups is 2. The second-order valence-corrected chi connectivity index (χ2v) is 7.74. The Morgan fingerprint density at radius 3 is 2.28 bits per heavy atom. The molecule has 0 spiro atoms. The Labute approximate surface area is 187 Å². The van der Waals surface area contributed by atoms with Gasteiger partial charge in [0.2, 0.25) is 11.8 Å². The van der Waals surface area contributed by atoms with Gasteiger partial charge < -0.3 is 20.5 Å². The van der Waals surface area contributed by atoms with Crippen LogP contribution in [0.3, 0.4) is 0 Å². The van der Waals surface area contributed by atoms with Gasteiger partial charge in [0.15, 0.2) is 0 Å². The van der Waals surface area contributed by atoms with Gasteiger partial charge in [-0.15, -0.1) is 0 Å². The monoisotopic (exact) mass is 448 g/mol. The van der Waals surface area contributed by atoms with Crippen molar-refractivity contribution < 1.29 is 28.2 Å². The fourth-order valence-electron chi connectivity index (χ4n) is 3.42. The van der Waals surface area contributed by atoms with Crippen LogP contribution >= 0.6 is 0 Å². The van der Waals surface area contributed by atoms with Gasteiger partial charge in [-0.1, -0.05) is 37.3 Å². The summed E-state index contributed by atoms with van der Waals surface area (Å²) in [4.78, 5) is 23.8. The van der Waals surface area contributed by atoms with Crippen LogP contribution in [-0.4, -0.2) is 41.7 Å². The molecule has 0 radical (unpaired) electrons. The first kappa shape index (κ1) is 25.4. The number of aliphatic hydroxyl groups excluding tert-OH is 1. The van der Waals surface area contributed by atoms with Crippen molar-refractivity contribution in [3.63, 3.8) is 0 Å². The second-order valence-electron chi connectivity index (χ2n) is 7.74. The molecule has 3 N–H and O–H groups in total. The maximum Gasteiger partial charge on any atom is 0.246 e. The molecule has 0 fully saturated rings. The predicted octanol–water partition coefficient (Wildman–Crippen LogP) is 2.87. The summed E-state index contributed by atoms with van der Waals surface area (Å²) in [6.45, 7) is 3.34. The van der Waals surface area contributed by atoms with E-state index in [0.29, 0.717) is 18.6 Å². The van der Waals surface area contributed by atoms with Crippen molar-refractivity contribution in [1.82, 2.24) is 10.6 Å². The summed E-state index contributed by atoms with van der Waals surface area (Å²) >= 11 is 0. The number of aliphatic hydroxyl groups is 1. The first-order chi connectivity index (χ1) is 15.3. The lowest BCUT2D eigenvalue weighted by Gasteiger charge is -2.27. The van der Waals surface area contributed by atoms with E-state index >= 15 is 0 Å². The third-order valence-electron chi connectivity index (χ3n) is 4.96. The zero-order valence-corrected chi connectivity index (χ0v) is 18.3. The molecule has 0 aliphatic carbocycles.